The summed E-state index contributed by atoms with van der Waals surface area (Å²) in [5, 5.41) is 0.578. The van der Waals surface area contributed by atoms with Crippen molar-refractivity contribution < 1.29 is 51.3 Å². The molecule has 1 aliphatic heterocycles. The SMILES string of the molecule is C=CS(=O)(=O)N[C@H]1C(OC(C)=O)O[C@H](COC(C)=O)[C@@H](OC(C)=O)[C@@H]1OC(C)=O. The van der Waals surface area contributed by atoms with Gasteiger partial charge in [0.2, 0.25) is 16.3 Å². The maximum atomic E-state index is 12.0. The van der Waals surface area contributed by atoms with E-state index >= 15 is 0 Å². The quantitative estimate of drug-likeness (QED) is 0.371. The zero-order valence-electron chi connectivity index (χ0n) is 16.3. The Balaban J connectivity index is 3.42. The molecule has 12 nitrogen and oxygen atoms in total. The number of hydrogen-bond donors (Lipinski definition) is 1. The van der Waals surface area contributed by atoms with Crippen LogP contribution in [-0.4, -0.2) is 69.5 Å². The molecule has 0 radical (unpaired) electrons. The molecule has 0 aromatic carbocycles. The second kappa shape index (κ2) is 10.3. The third kappa shape index (κ3) is 7.79. The number of sulfonamides is 1. The van der Waals surface area contributed by atoms with Crippen LogP contribution in [0.25, 0.3) is 0 Å². The molecule has 1 fully saturated rings. The summed E-state index contributed by atoms with van der Waals surface area (Å²) in [6, 6.07) is -1.50. The molecule has 164 valence electrons. The van der Waals surface area contributed by atoms with Gasteiger partial charge in [-0.25, -0.2) is 8.42 Å². The van der Waals surface area contributed by atoms with Crippen molar-refractivity contribution in [2.75, 3.05) is 6.61 Å². The van der Waals surface area contributed by atoms with Crippen LogP contribution in [0, 0.1) is 0 Å². The summed E-state index contributed by atoms with van der Waals surface area (Å²) in [7, 11) is -4.13. The highest BCUT2D eigenvalue weighted by Crippen LogP contribution is 2.28. The van der Waals surface area contributed by atoms with Gasteiger partial charge < -0.3 is 23.7 Å². The van der Waals surface area contributed by atoms with Crippen LogP contribution in [0.3, 0.4) is 0 Å². The Hall–Kier alpha value is -2.51. The Morgan fingerprint density at radius 3 is 1.90 bits per heavy atom. The molecule has 13 heteroatoms. The van der Waals surface area contributed by atoms with Crippen LogP contribution in [0.1, 0.15) is 27.7 Å². The fourth-order valence-corrected chi connectivity index (χ4v) is 3.25. The van der Waals surface area contributed by atoms with E-state index in [1.807, 2.05) is 0 Å². The fraction of sp³-hybridized carbons (Fsp3) is 0.625. The van der Waals surface area contributed by atoms with E-state index in [0.29, 0.717) is 5.41 Å². The maximum absolute atomic E-state index is 12.0. The fourth-order valence-electron chi connectivity index (χ4n) is 2.53. The van der Waals surface area contributed by atoms with E-state index in [1.165, 1.54) is 0 Å². The normalized spacial score (nSPS) is 26.7. The summed E-state index contributed by atoms with van der Waals surface area (Å²) in [6.07, 6.45) is -5.70. The van der Waals surface area contributed by atoms with Gasteiger partial charge in [0.15, 0.2) is 12.2 Å². The first-order chi connectivity index (χ1) is 13.4. The minimum Gasteiger partial charge on any atom is -0.463 e. The average molecular weight is 437 g/mol. The highest BCUT2D eigenvalue weighted by Gasteiger charge is 2.52. The molecule has 1 heterocycles. The van der Waals surface area contributed by atoms with Crippen LogP contribution in [0.4, 0.5) is 0 Å². The smallest absolute Gasteiger partial charge is 0.304 e. The van der Waals surface area contributed by atoms with Gasteiger partial charge in [0.05, 0.1) is 0 Å². The zero-order chi connectivity index (χ0) is 22.4. The molecule has 5 atom stereocenters. The van der Waals surface area contributed by atoms with Crippen LogP contribution in [0.15, 0.2) is 12.0 Å². The highest BCUT2D eigenvalue weighted by atomic mass is 32.2. The highest BCUT2D eigenvalue weighted by molar-refractivity contribution is 7.92. The molecule has 1 aliphatic rings. The lowest BCUT2D eigenvalue weighted by Gasteiger charge is -2.44. The van der Waals surface area contributed by atoms with Crippen molar-refractivity contribution >= 4 is 33.9 Å². The third-order valence-electron chi connectivity index (χ3n) is 3.50. The first-order valence-corrected chi connectivity index (χ1v) is 9.86. The van der Waals surface area contributed by atoms with E-state index < -0.39 is 71.2 Å². The topological polar surface area (TPSA) is 161 Å². The zero-order valence-corrected chi connectivity index (χ0v) is 17.1. The monoisotopic (exact) mass is 437 g/mol. The van der Waals surface area contributed by atoms with Gasteiger partial charge in [-0.3, -0.25) is 19.2 Å². The van der Waals surface area contributed by atoms with E-state index in [4.69, 9.17) is 23.7 Å². The van der Waals surface area contributed by atoms with Crippen molar-refractivity contribution in [3.63, 3.8) is 0 Å². The Morgan fingerprint density at radius 1 is 0.931 bits per heavy atom. The van der Waals surface area contributed by atoms with Gasteiger partial charge in [-0.2, -0.15) is 4.72 Å². The average Bonchev–Trinajstić information content (AvgIpc) is 2.57. The molecule has 0 saturated carbocycles. The summed E-state index contributed by atoms with van der Waals surface area (Å²) in [4.78, 5) is 45.8. The molecule has 1 rings (SSSR count). The van der Waals surface area contributed by atoms with Crippen LogP contribution in [0.5, 0.6) is 0 Å². The second-order valence-corrected chi connectivity index (χ2v) is 7.62. The van der Waals surface area contributed by atoms with Crippen molar-refractivity contribution in [2.45, 2.75) is 58.3 Å². The maximum Gasteiger partial charge on any atom is 0.304 e. The number of rotatable bonds is 8. The molecule has 1 saturated heterocycles. The molecular weight excluding hydrogens is 414 g/mol. The first-order valence-electron chi connectivity index (χ1n) is 8.31. The number of esters is 4. The van der Waals surface area contributed by atoms with Gasteiger partial charge in [0, 0.05) is 33.1 Å². The van der Waals surface area contributed by atoms with Gasteiger partial charge in [-0.1, -0.05) is 6.58 Å². The Kier molecular flexibility index (Phi) is 8.73. The lowest BCUT2D eigenvalue weighted by molar-refractivity contribution is -0.269. The Morgan fingerprint density at radius 2 is 1.45 bits per heavy atom. The number of carbonyl (C=O) groups is 4. The van der Waals surface area contributed by atoms with Crippen LogP contribution in [0.2, 0.25) is 0 Å². The minimum absolute atomic E-state index is 0.455. The van der Waals surface area contributed by atoms with E-state index in [1.54, 1.807) is 0 Å². The van der Waals surface area contributed by atoms with E-state index in [0.717, 1.165) is 27.7 Å². The number of ether oxygens (including phenoxy) is 5. The molecule has 0 amide bonds. The Bertz CT molecular complexity index is 763. The van der Waals surface area contributed by atoms with Gasteiger partial charge in [-0.05, 0) is 0 Å². The standard InChI is InChI=1S/C16H23NO11S/c1-6-29(22,23)17-13-15(26-10(4)20)14(25-9(3)19)12(7-24-8(2)18)28-16(13)27-11(5)21/h6,12-17H,1,7H2,2-5H3/t12-,13-,14-,15-,16?/m1/s1. The number of hydrogen-bond acceptors (Lipinski definition) is 11. The molecule has 0 aromatic heterocycles. The lowest BCUT2D eigenvalue weighted by atomic mass is 9.97. The van der Waals surface area contributed by atoms with Crippen LogP contribution in [-0.2, 0) is 52.9 Å². The van der Waals surface area contributed by atoms with Crippen LogP contribution < -0.4 is 4.72 Å². The van der Waals surface area contributed by atoms with Crippen molar-refractivity contribution in [2.24, 2.45) is 0 Å². The van der Waals surface area contributed by atoms with E-state index in [-0.39, 0.29) is 0 Å². The van der Waals surface area contributed by atoms with Gasteiger partial charge >= 0.3 is 23.9 Å². The molecule has 0 aromatic rings. The number of nitrogens with one attached hydrogen (secondary N) is 1. The molecule has 0 aliphatic carbocycles. The van der Waals surface area contributed by atoms with Gasteiger partial charge in [0.1, 0.15) is 18.8 Å². The molecule has 1 unspecified atom stereocenters. The van der Waals surface area contributed by atoms with Crippen LogP contribution >= 0.6 is 0 Å². The van der Waals surface area contributed by atoms with Gasteiger partial charge in [0.25, 0.3) is 0 Å². The summed E-state index contributed by atoms with van der Waals surface area (Å²) >= 11 is 0. The van der Waals surface area contributed by atoms with Crippen molar-refractivity contribution in [3.05, 3.63) is 12.0 Å². The molecule has 0 spiro atoms. The van der Waals surface area contributed by atoms with Crippen molar-refractivity contribution in [3.8, 4) is 0 Å². The summed E-state index contributed by atoms with van der Waals surface area (Å²) < 4.78 is 51.9. The number of carbonyl (C=O) groups excluding carboxylic acids is 4. The van der Waals surface area contributed by atoms with Crippen molar-refractivity contribution in [1.82, 2.24) is 4.72 Å². The van der Waals surface area contributed by atoms with E-state index in [9.17, 15) is 27.6 Å². The summed E-state index contributed by atoms with van der Waals surface area (Å²) in [6.45, 7) is 6.97. The predicted octanol–water partition coefficient (Wildman–Crippen LogP) is -0.868. The molecule has 0 bridgehead atoms. The Labute approximate surface area is 167 Å². The third-order valence-corrected chi connectivity index (χ3v) is 4.54. The van der Waals surface area contributed by atoms with Crippen molar-refractivity contribution in [1.29, 1.82) is 0 Å². The van der Waals surface area contributed by atoms with Gasteiger partial charge in [-0.15, -0.1) is 0 Å². The van der Waals surface area contributed by atoms with E-state index in [2.05, 4.69) is 11.3 Å². The molecule has 29 heavy (non-hydrogen) atoms. The summed E-state index contributed by atoms with van der Waals surface area (Å²) in [5.41, 5.74) is 0. The molecule has 1 N–H and O–H groups in total. The largest absolute Gasteiger partial charge is 0.463 e. The second-order valence-electron chi connectivity index (χ2n) is 5.96. The minimum atomic E-state index is -4.13. The predicted molar refractivity (Wildman–Crippen MR) is 94.2 cm³/mol. The molecular formula is C16H23NO11S. The summed E-state index contributed by atoms with van der Waals surface area (Å²) in [5.74, 6) is -3.17. The lowest BCUT2D eigenvalue weighted by Crippen LogP contribution is -2.66. The first kappa shape index (κ1) is 24.5.